The summed E-state index contributed by atoms with van der Waals surface area (Å²) in [6.45, 7) is 0.0734. The summed E-state index contributed by atoms with van der Waals surface area (Å²) in [5.74, 6) is 0.0443. The van der Waals surface area contributed by atoms with Crippen molar-refractivity contribution in [3.63, 3.8) is 0 Å². The van der Waals surface area contributed by atoms with E-state index in [1.165, 1.54) is 18.0 Å². The highest BCUT2D eigenvalue weighted by Gasteiger charge is 2.45. The van der Waals surface area contributed by atoms with Gasteiger partial charge in [-0.25, -0.2) is 9.37 Å². The van der Waals surface area contributed by atoms with Gasteiger partial charge in [0.05, 0.1) is 12.9 Å². The Labute approximate surface area is 118 Å². The molecule has 2 aromatic rings. The lowest BCUT2D eigenvalue weighted by molar-refractivity contribution is -0.0543. The Hall–Kier alpha value is -2.04. The van der Waals surface area contributed by atoms with Gasteiger partial charge < -0.3 is 26.0 Å². The number of aromatic nitrogens is 4. The number of hydrogen-bond acceptors (Lipinski definition) is 8. The van der Waals surface area contributed by atoms with Gasteiger partial charge in [-0.3, -0.25) is 4.57 Å². The Balaban J connectivity index is 2.01. The Morgan fingerprint density at radius 2 is 2.24 bits per heavy atom. The number of nitrogens with zero attached hydrogens (tertiary/aromatic N) is 4. The highest BCUT2D eigenvalue weighted by molar-refractivity contribution is 5.82. The van der Waals surface area contributed by atoms with Crippen molar-refractivity contribution in [2.24, 2.45) is 0 Å². The molecule has 0 aliphatic carbocycles. The van der Waals surface area contributed by atoms with Crippen LogP contribution in [-0.4, -0.2) is 56.7 Å². The average molecular weight is 298 g/mol. The SMILES string of the molecule is COC[C@H]1O[C@@H](n2cnc3c(N)nc(N)nc32)C(F)[C@H]1O. The summed E-state index contributed by atoms with van der Waals surface area (Å²) in [6.07, 6.45) is -3.49. The van der Waals surface area contributed by atoms with E-state index in [2.05, 4.69) is 15.0 Å². The Morgan fingerprint density at radius 1 is 1.48 bits per heavy atom. The lowest BCUT2D eigenvalue weighted by Crippen LogP contribution is -2.31. The third-order valence-electron chi connectivity index (χ3n) is 3.36. The lowest BCUT2D eigenvalue weighted by atomic mass is 10.1. The third-order valence-corrected chi connectivity index (χ3v) is 3.36. The van der Waals surface area contributed by atoms with E-state index in [0.717, 1.165) is 0 Å². The molecule has 9 nitrogen and oxygen atoms in total. The fraction of sp³-hybridized carbons (Fsp3) is 0.545. The molecule has 4 atom stereocenters. The summed E-state index contributed by atoms with van der Waals surface area (Å²) in [7, 11) is 1.44. The molecular weight excluding hydrogens is 283 g/mol. The van der Waals surface area contributed by atoms with Crippen LogP contribution in [0.2, 0.25) is 0 Å². The molecule has 3 rings (SSSR count). The molecule has 0 spiro atoms. The molecular formula is C11H15FN6O3. The minimum Gasteiger partial charge on any atom is -0.387 e. The van der Waals surface area contributed by atoms with Crippen LogP contribution in [0.3, 0.4) is 0 Å². The minimum atomic E-state index is -1.65. The molecule has 0 bridgehead atoms. The maximum Gasteiger partial charge on any atom is 0.224 e. The summed E-state index contributed by atoms with van der Waals surface area (Å²) in [5, 5.41) is 9.84. The van der Waals surface area contributed by atoms with E-state index >= 15 is 0 Å². The van der Waals surface area contributed by atoms with Crippen molar-refractivity contribution in [2.45, 2.75) is 24.6 Å². The van der Waals surface area contributed by atoms with Gasteiger partial charge >= 0.3 is 0 Å². The number of nitrogens with two attached hydrogens (primary N) is 2. The molecule has 0 radical (unpaired) electrons. The lowest BCUT2D eigenvalue weighted by Gasteiger charge is -2.15. The van der Waals surface area contributed by atoms with Gasteiger partial charge in [0.2, 0.25) is 5.95 Å². The predicted molar refractivity (Wildman–Crippen MR) is 70.8 cm³/mol. The summed E-state index contributed by atoms with van der Waals surface area (Å²) in [6, 6.07) is 0. The van der Waals surface area contributed by atoms with Crippen molar-refractivity contribution >= 4 is 22.9 Å². The fourth-order valence-corrected chi connectivity index (χ4v) is 2.37. The van der Waals surface area contributed by atoms with E-state index in [-0.39, 0.29) is 24.0 Å². The van der Waals surface area contributed by atoms with Gasteiger partial charge in [0.15, 0.2) is 23.9 Å². The van der Waals surface area contributed by atoms with Crippen LogP contribution in [0.15, 0.2) is 6.33 Å². The topological polar surface area (TPSA) is 134 Å². The highest BCUT2D eigenvalue weighted by atomic mass is 19.1. The van der Waals surface area contributed by atoms with Gasteiger partial charge in [0.1, 0.15) is 17.7 Å². The first-order valence-electron chi connectivity index (χ1n) is 6.25. The highest BCUT2D eigenvalue weighted by Crippen LogP contribution is 2.34. The van der Waals surface area contributed by atoms with Crippen molar-refractivity contribution < 1.29 is 19.0 Å². The van der Waals surface area contributed by atoms with E-state index in [4.69, 9.17) is 20.9 Å². The molecule has 114 valence electrons. The molecule has 0 amide bonds. The second kappa shape index (κ2) is 5.06. The molecule has 1 aliphatic heterocycles. The second-order valence-corrected chi connectivity index (χ2v) is 4.75. The molecule has 10 heteroatoms. The number of fused-ring (bicyclic) bond motifs is 1. The second-order valence-electron chi connectivity index (χ2n) is 4.75. The maximum absolute atomic E-state index is 14.3. The number of anilines is 2. The number of methoxy groups -OCH3 is 1. The first-order chi connectivity index (χ1) is 10.0. The van der Waals surface area contributed by atoms with Gasteiger partial charge in [-0.05, 0) is 0 Å². The van der Waals surface area contributed by atoms with E-state index < -0.39 is 24.6 Å². The number of aliphatic hydroxyl groups excluding tert-OH is 1. The number of hydrogen-bond donors (Lipinski definition) is 3. The maximum atomic E-state index is 14.3. The van der Waals surface area contributed by atoms with Gasteiger partial charge in [-0.2, -0.15) is 9.97 Å². The summed E-state index contributed by atoms with van der Waals surface area (Å²) < 4.78 is 26.0. The number of alkyl halides is 1. The molecule has 0 saturated carbocycles. The largest absolute Gasteiger partial charge is 0.387 e. The average Bonchev–Trinajstić information content (AvgIpc) is 2.96. The van der Waals surface area contributed by atoms with Crippen molar-refractivity contribution in [3.8, 4) is 0 Å². The van der Waals surface area contributed by atoms with Crippen molar-refractivity contribution in [1.82, 2.24) is 19.5 Å². The smallest absolute Gasteiger partial charge is 0.224 e. The van der Waals surface area contributed by atoms with Gasteiger partial charge in [-0.15, -0.1) is 0 Å². The van der Waals surface area contributed by atoms with Crippen molar-refractivity contribution in [2.75, 3.05) is 25.2 Å². The van der Waals surface area contributed by atoms with Crippen LogP contribution in [0.5, 0.6) is 0 Å². The standard InChI is InChI=1S/C11H15FN6O3/c1-20-2-4-7(19)5(12)10(21-4)18-3-15-6-8(13)16-11(14)17-9(6)18/h3-5,7,10,19H,2H2,1H3,(H4,13,14,16,17)/t4-,5?,7+,10-/m1/s1. The number of rotatable bonds is 3. The first-order valence-corrected chi connectivity index (χ1v) is 6.25. The molecule has 21 heavy (non-hydrogen) atoms. The zero-order valence-electron chi connectivity index (χ0n) is 11.2. The zero-order chi connectivity index (χ0) is 15.1. The van der Waals surface area contributed by atoms with Crippen molar-refractivity contribution in [3.05, 3.63) is 6.33 Å². The number of nitrogen functional groups attached to an aromatic ring is 2. The molecule has 1 aliphatic rings. The molecule has 0 aromatic carbocycles. The molecule has 1 unspecified atom stereocenters. The third kappa shape index (κ3) is 2.17. The van der Waals surface area contributed by atoms with E-state index in [1.54, 1.807) is 0 Å². The molecule has 5 N–H and O–H groups in total. The van der Waals surface area contributed by atoms with Crippen LogP contribution in [0.1, 0.15) is 6.23 Å². The summed E-state index contributed by atoms with van der Waals surface area (Å²) >= 11 is 0. The molecule has 1 fully saturated rings. The quantitative estimate of drug-likeness (QED) is 0.672. The summed E-state index contributed by atoms with van der Waals surface area (Å²) in [5.41, 5.74) is 11.8. The van der Waals surface area contributed by atoms with Crippen LogP contribution >= 0.6 is 0 Å². The van der Waals surface area contributed by atoms with Crippen LogP contribution in [0.25, 0.3) is 11.2 Å². The van der Waals surface area contributed by atoms with E-state index in [9.17, 15) is 9.50 Å². The molecule has 2 aromatic heterocycles. The number of ether oxygens (including phenoxy) is 2. The molecule has 3 heterocycles. The molecule has 1 saturated heterocycles. The van der Waals surface area contributed by atoms with Crippen LogP contribution in [-0.2, 0) is 9.47 Å². The van der Waals surface area contributed by atoms with Gasteiger partial charge in [0, 0.05) is 7.11 Å². The fourth-order valence-electron chi connectivity index (χ4n) is 2.37. The number of halogens is 1. The van der Waals surface area contributed by atoms with Crippen molar-refractivity contribution in [1.29, 1.82) is 0 Å². The Morgan fingerprint density at radius 3 is 2.95 bits per heavy atom. The van der Waals surface area contributed by atoms with Gasteiger partial charge in [-0.1, -0.05) is 0 Å². The van der Waals surface area contributed by atoms with Crippen LogP contribution in [0.4, 0.5) is 16.2 Å². The van der Waals surface area contributed by atoms with E-state index in [1.807, 2.05) is 0 Å². The van der Waals surface area contributed by atoms with Crippen LogP contribution in [0, 0.1) is 0 Å². The Bertz CT molecular complexity index is 665. The number of imidazole rings is 1. The van der Waals surface area contributed by atoms with Crippen LogP contribution < -0.4 is 11.5 Å². The minimum absolute atomic E-state index is 0.0517. The summed E-state index contributed by atoms with van der Waals surface area (Å²) in [4.78, 5) is 11.8. The van der Waals surface area contributed by atoms with Gasteiger partial charge in [0.25, 0.3) is 0 Å². The zero-order valence-corrected chi connectivity index (χ0v) is 11.2. The van der Waals surface area contributed by atoms with E-state index in [0.29, 0.717) is 5.52 Å². The first kappa shape index (κ1) is 13.9. The predicted octanol–water partition coefficient (Wildman–Crippen LogP) is -0.766. The monoisotopic (exact) mass is 298 g/mol. The Kier molecular flexibility index (Phi) is 3.35. The normalized spacial score (nSPS) is 29.3. The number of aliphatic hydroxyl groups is 1.